The van der Waals surface area contributed by atoms with Gasteiger partial charge in [0.1, 0.15) is 28.7 Å². The summed E-state index contributed by atoms with van der Waals surface area (Å²) in [6.45, 7) is 7.40. The number of rotatable bonds is 13. The van der Waals surface area contributed by atoms with Crippen LogP contribution < -0.4 is 20.3 Å². The maximum Gasteiger partial charge on any atom is 0.255 e. The Labute approximate surface area is 319 Å². The van der Waals surface area contributed by atoms with E-state index < -0.39 is 23.2 Å². The van der Waals surface area contributed by atoms with Gasteiger partial charge in [-0.3, -0.25) is 14.1 Å². The summed E-state index contributed by atoms with van der Waals surface area (Å²) in [6.07, 6.45) is 5.79. The standard InChI is InChI=1S/C42H45F2N9O2/c1-5-51(25-24-50(2)3)30-18-22-52(23-19-30)31-15-16-34(36(27-31)55-4)46-42-45-20-17-35(47-42)40-38(48-37-14-6-7-21-53(37)40)28-10-8-11-29(26-28)41(54)49-39-32(43)12-9-13-33(39)44/h6-17,20-21,26-27,30H,5,18-19,22-25H2,1-4H3,(H,49,54)(H,45,46,47). The number of aromatic nitrogens is 4. The second-order valence-corrected chi connectivity index (χ2v) is 13.8. The van der Waals surface area contributed by atoms with E-state index in [-0.39, 0.29) is 5.56 Å². The topological polar surface area (TPSA) is 103 Å². The normalized spacial score (nSPS) is 13.5. The molecule has 1 saturated heterocycles. The van der Waals surface area contributed by atoms with Crippen molar-refractivity contribution < 1.29 is 18.3 Å². The Hall–Kier alpha value is -5.92. The maximum absolute atomic E-state index is 14.3. The average Bonchev–Trinajstić information content (AvgIpc) is 3.60. The highest BCUT2D eigenvalue weighted by molar-refractivity contribution is 6.05. The van der Waals surface area contributed by atoms with E-state index in [1.54, 1.807) is 37.6 Å². The van der Waals surface area contributed by atoms with Crippen molar-refractivity contribution in [2.75, 3.05) is 69.5 Å². The highest BCUT2D eigenvalue weighted by atomic mass is 19.1. The lowest BCUT2D eigenvalue weighted by molar-refractivity contribution is 0.102. The number of benzene rings is 3. The second kappa shape index (κ2) is 16.6. The van der Waals surface area contributed by atoms with Gasteiger partial charge in [-0.15, -0.1) is 0 Å². The van der Waals surface area contributed by atoms with Gasteiger partial charge in [-0.1, -0.05) is 31.2 Å². The van der Waals surface area contributed by atoms with Crippen LogP contribution in [0.15, 0.2) is 97.3 Å². The molecule has 1 aliphatic rings. The quantitative estimate of drug-likeness (QED) is 0.124. The summed E-state index contributed by atoms with van der Waals surface area (Å²) < 4.78 is 36.4. The predicted octanol–water partition coefficient (Wildman–Crippen LogP) is 7.59. The molecule has 4 heterocycles. The van der Waals surface area contributed by atoms with Crippen molar-refractivity contribution in [3.63, 3.8) is 0 Å². The first-order chi connectivity index (χ1) is 26.7. The zero-order valence-electron chi connectivity index (χ0n) is 31.5. The van der Waals surface area contributed by atoms with Gasteiger partial charge in [-0.05, 0) is 88.1 Å². The van der Waals surface area contributed by atoms with Crippen LogP contribution >= 0.6 is 0 Å². The van der Waals surface area contributed by atoms with Gasteiger partial charge in [0, 0.05) is 67.5 Å². The molecule has 13 heteroatoms. The first-order valence-electron chi connectivity index (χ1n) is 18.5. The number of hydrogen-bond donors (Lipinski definition) is 2. The Balaban J connectivity index is 1.12. The van der Waals surface area contributed by atoms with Gasteiger partial charge in [0.25, 0.3) is 5.91 Å². The zero-order chi connectivity index (χ0) is 38.5. The van der Waals surface area contributed by atoms with Crippen molar-refractivity contribution in [1.82, 2.24) is 29.2 Å². The molecule has 1 aliphatic heterocycles. The smallest absolute Gasteiger partial charge is 0.255 e. The number of nitrogens with zero attached hydrogens (tertiary/aromatic N) is 7. The minimum absolute atomic E-state index is 0.205. The van der Waals surface area contributed by atoms with Crippen molar-refractivity contribution in [3.05, 3.63) is 115 Å². The first kappa shape index (κ1) is 37.4. The Morgan fingerprint density at radius 2 is 1.71 bits per heavy atom. The molecule has 3 aromatic heterocycles. The highest BCUT2D eigenvalue weighted by Gasteiger charge is 2.25. The number of ether oxygens (including phenoxy) is 1. The fourth-order valence-corrected chi connectivity index (χ4v) is 7.12. The van der Waals surface area contributed by atoms with E-state index in [4.69, 9.17) is 14.7 Å². The zero-order valence-corrected chi connectivity index (χ0v) is 31.5. The highest BCUT2D eigenvalue weighted by Crippen LogP contribution is 2.35. The van der Waals surface area contributed by atoms with Gasteiger partial charge < -0.3 is 25.2 Å². The fraction of sp³-hybridized carbons (Fsp3) is 0.286. The summed E-state index contributed by atoms with van der Waals surface area (Å²) in [6, 6.07) is 24.4. The molecular formula is C42H45F2N9O2. The number of nitrogens with one attached hydrogen (secondary N) is 2. The largest absolute Gasteiger partial charge is 0.494 e. The number of hydrogen-bond acceptors (Lipinski definition) is 9. The summed E-state index contributed by atoms with van der Waals surface area (Å²) in [5.74, 6) is -1.35. The maximum atomic E-state index is 14.3. The third-order valence-corrected chi connectivity index (χ3v) is 10.0. The summed E-state index contributed by atoms with van der Waals surface area (Å²) in [5, 5.41) is 5.72. The van der Waals surface area contributed by atoms with Crippen molar-refractivity contribution in [2.24, 2.45) is 0 Å². The van der Waals surface area contributed by atoms with Crippen LogP contribution in [0.4, 0.5) is 31.8 Å². The molecular weight excluding hydrogens is 701 g/mol. The number of methoxy groups -OCH3 is 1. The molecule has 7 rings (SSSR count). The number of halogens is 2. The summed E-state index contributed by atoms with van der Waals surface area (Å²) >= 11 is 0. The third kappa shape index (κ3) is 8.27. The number of carbonyl (C=O) groups is 1. The van der Waals surface area contributed by atoms with E-state index in [2.05, 4.69) is 63.5 Å². The van der Waals surface area contributed by atoms with Gasteiger partial charge in [0.2, 0.25) is 5.95 Å². The molecule has 0 radical (unpaired) electrons. The number of likely N-dealkylation sites (N-methyl/N-ethyl adjacent to an activating group) is 2. The molecule has 0 spiro atoms. The molecule has 0 atom stereocenters. The molecule has 3 aromatic carbocycles. The van der Waals surface area contributed by atoms with Crippen LogP contribution in [0.3, 0.4) is 0 Å². The van der Waals surface area contributed by atoms with Gasteiger partial charge in [0.05, 0.1) is 29.9 Å². The van der Waals surface area contributed by atoms with E-state index in [1.165, 1.54) is 6.07 Å². The second-order valence-electron chi connectivity index (χ2n) is 13.8. The Bertz CT molecular complexity index is 2270. The van der Waals surface area contributed by atoms with Gasteiger partial charge >= 0.3 is 0 Å². The number of pyridine rings is 1. The van der Waals surface area contributed by atoms with E-state index in [0.717, 1.165) is 69.1 Å². The van der Waals surface area contributed by atoms with Crippen molar-refractivity contribution >= 4 is 34.6 Å². The first-order valence-corrected chi connectivity index (χ1v) is 18.5. The number of piperidine rings is 1. The predicted molar refractivity (Wildman–Crippen MR) is 213 cm³/mol. The SMILES string of the molecule is CCN(CCN(C)C)C1CCN(c2ccc(Nc3nccc(-c4c(-c5cccc(C(=O)Nc6c(F)cccc6F)c5)nc5ccccn45)n3)c(OC)c2)CC1. The average molecular weight is 746 g/mol. The van der Waals surface area contributed by atoms with E-state index >= 15 is 0 Å². The van der Waals surface area contributed by atoms with Gasteiger partial charge in [-0.2, -0.15) is 0 Å². The van der Waals surface area contributed by atoms with Crippen molar-refractivity contribution in [3.8, 4) is 28.4 Å². The van der Waals surface area contributed by atoms with Crippen molar-refractivity contribution in [1.29, 1.82) is 0 Å². The van der Waals surface area contributed by atoms with Gasteiger partial charge in [0.15, 0.2) is 0 Å². The number of para-hydroxylation sites is 1. The monoisotopic (exact) mass is 745 g/mol. The Kier molecular flexibility index (Phi) is 11.3. The number of fused-ring (bicyclic) bond motifs is 1. The summed E-state index contributed by atoms with van der Waals surface area (Å²) in [7, 11) is 5.90. The van der Waals surface area contributed by atoms with Crippen LogP contribution in [-0.2, 0) is 0 Å². The molecule has 1 fully saturated rings. The molecule has 2 N–H and O–H groups in total. The molecule has 0 saturated carbocycles. The Morgan fingerprint density at radius 1 is 0.927 bits per heavy atom. The van der Waals surface area contributed by atoms with Crippen LogP contribution in [0.1, 0.15) is 30.1 Å². The van der Waals surface area contributed by atoms with Gasteiger partial charge in [-0.25, -0.2) is 23.7 Å². The third-order valence-electron chi connectivity index (χ3n) is 10.0. The lowest BCUT2D eigenvalue weighted by Crippen LogP contribution is -2.46. The van der Waals surface area contributed by atoms with Crippen LogP contribution in [-0.4, -0.2) is 95.0 Å². The summed E-state index contributed by atoms with van der Waals surface area (Å²) in [5.41, 5.74) is 4.64. The van der Waals surface area contributed by atoms with Crippen LogP contribution in [0.5, 0.6) is 5.75 Å². The molecule has 6 aromatic rings. The lowest BCUT2D eigenvalue weighted by atomic mass is 10.0. The van der Waals surface area contributed by atoms with E-state index in [0.29, 0.717) is 46.0 Å². The van der Waals surface area contributed by atoms with E-state index in [1.807, 2.05) is 40.9 Å². The molecule has 0 unspecified atom stereocenters. The molecule has 11 nitrogen and oxygen atoms in total. The number of imidazole rings is 1. The minimum Gasteiger partial charge on any atom is -0.494 e. The lowest BCUT2D eigenvalue weighted by Gasteiger charge is -2.39. The molecule has 55 heavy (non-hydrogen) atoms. The van der Waals surface area contributed by atoms with Crippen LogP contribution in [0.25, 0.3) is 28.3 Å². The van der Waals surface area contributed by atoms with Crippen molar-refractivity contribution in [2.45, 2.75) is 25.8 Å². The molecule has 0 bridgehead atoms. The summed E-state index contributed by atoms with van der Waals surface area (Å²) in [4.78, 5) is 34.8. The van der Waals surface area contributed by atoms with Crippen LogP contribution in [0, 0.1) is 11.6 Å². The van der Waals surface area contributed by atoms with E-state index in [9.17, 15) is 13.6 Å². The molecule has 284 valence electrons. The molecule has 0 aliphatic carbocycles. The molecule has 1 amide bonds. The Morgan fingerprint density at radius 3 is 2.45 bits per heavy atom. The van der Waals surface area contributed by atoms with Crippen LogP contribution in [0.2, 0.25) is 0 Å². The number of amides is 1. The number of carbonyl (C=O) groups excluding carboxylic acids is 1. The minimum atomic E-state index is -0.862. The number of anilines is 4. The fourth-order valence-electron chi connectivity index (χ4n) is 7.12.